The summed E-state index contributed by atoms with van der Waals surface area (Å²) in [7, 11) is 0. The SMILES string of the molecule is CCC1(C(=O)O)CCN(C(=O)CNC(=O)C(C)(C)C)CC1. The molecule has 0 spiro atoms. The molecule has 0 radical (unpaired) electrons. The first kappa shape index (κ1) is 17.5. The number of carboxylic acids is 1. The first-order chi connectivity index (χ1) is 9.62. The van der Waals surface area contributed by atoms with Crippen LogP contribution in [0.3, 0.4) is 0 Å². The Labute approximate surface area is 125 Å². The zero-order valence-corrected chi connectivity index (χ0v) is 13.4. The fraction of sp³-hybridized carbons (Fsp3) is 0.800. The molecular weight excluding hydrogens is 272 g/mol. The van der Waals surface area contributed by atoms with Crippen molar-refractivity contribution in [3.63, 3.8) is 0 Å². The van der Waals surface area contributed by atoms with Crippen molar-refractivity contribution in [2.45, 2.75) is 47.0 Å². The standard InChI is InChI=1S/C15H26N2O4/c1-5-15(13(20)21)6-8-17(9-7-15)11(18)10-16-12(19)14(2,3)4/h5-10H2,1-4H3,(H,16,19)(H,20,21). The zero-order chi connectivity index (χ0) is 16.3. The van der Waals surface area contributed by atoms with Crippen LogP contribution in [0.5, 0.6) is 0 Å². The first-order valence-electron chi connectivity index (χ1n) is 7.42. The van der Waals surface area contributed by atoms with Gasteiger partial charge in [0.05, 0.1) is 12.0 Å². The van der Waals surface area contributed by atoms with Gasteiger partial charge in [-0.1, -0.05) is 27.7 Å². The maximum atomic E-state index is 12.1. The van der Waals surface area contributed by atoms with E-state index in [-0.39, 0.29) is 18.4 Å². The molecule has 21 heavy (non-hydrogen) atoms. The molecule has 0 unspecified atom stereocenters. The molecule has 0 aromatic rings. The van der Waals surface area contributed by atoms with E-state index < -0.39 is 16.8 Å². The Morgan fingerprint density at radius 1 is 1.19 bits per heavy atom. The molecular formula is C15H26N2O4. The topological polar surface area (TPSA) is 86.7 Å². The van der Waals surface area contributed by atoms with Crippen molar-refractivity contribution in [2.75, 3.05) is 19.6 Å². The normalized spacial score (nSPS) is 18.2. The van der Waals surface area contributed by atoms with E-state index in [4.69, 9.17) is 0 Å². The third-order valence-corrected chi connectivity index (χ3v) is 4.29. The van der Waals surface area contributed by atoms with Gasteiger partial charge in [0, 0.05) is 18.5 Å². The molecule has 1 saturated heterocycles. The van der Waals surface area contributed by atoms with Crippen LogP contribution in [0.1, 0.15) is 47.0 Å². The maximum absolute atomic E-state index is 12.1. The highest BCUT2D eigenvalue weighted by molar-refractivity contribution is 5.87. The molecule has 1 rings (SSSR count). The number of nitrogens with one attached hydrogen (secondary N) is 1. The summed E-state index contributed by atoms with van der Waals surface area (Å²) in [4.78, 5) is 36.8. The Balaban J connectivity index is 2.49. The van der Waals surface area contributed by atoms with Crippen LogP contribution >= 0.6 is 0 Å². The van der Waals surface area contributed by atoms with E-state index in [2.05, 4.69) is 5.32 Å². The molecule has 1 fully saturated rings. The van der Waals surface area contributed by atoms with Gasteiger partial charge < -0.3 is 15.3 Å². The van der Waals surface area contributed by atoms with E-state index in [1.165, 1.54) is 0 Å². The summed E-state index contributed by atoms with van der Waals surface area (Å²) >= 11 is 0. The van der Waals surface area contributed by atoms with Gasteiger partial charge >= 0.3 is 5.97 Å². The summed E-state index contributed by atoms with van der Waals surface area (Å²) in [5.41, 5.74) is -1.23. The number of aliphatic carboxylic acids is 1. The van der Waals surface area contributed by atoms with Crippen molar-refractivity contribution in [3.8, 4) is 0 Å². The molecule has 120 valence electrons. The lowest BCUT2D eigenvalue weighted by Crippen LogP contribution is -2.49. The molecule has 0 atom stereocenters. The molecule has 1 heterocycles. The monoisotopic (exact) mass is 298 g/mol. The minimum Gasteiger partial charge on any atom is -0.481 e. The van der Waals surface area contributed by atoms with Crippen LogP contribution in [0.2, 0.25) is 0 Å². The van der Waals surface area contributed by atoms with E-state index in [0.717, 1.165) is 0 Å². The summed E-state index contributed by atoms with van der Waals surface area (Å²) in [6, 6.07) is 0. The molecule has 1 aliphatic rings. The van der Waals surface area contributed by atoms with Crippen LogP contribution in [0.25, 0.3) is 0 Å². The number of rotatable bonds is 4. The lowest BCUT2D eigenvalue weighted by molar-refractivity contribution is -0.154. The van der Waals surface area contributed by atoms with Gasteiger partial charge in [0.25, 0.3) is 0 Å². The van der Waals surface area contributed by atoms with Gasteiger partial charge in [-0.15, -0.1) is 0 Å². The lowest BCUT2D eigenvalue weighted by Gasteiger charge is -2.38. The number of carbonyl (C=O) groups is 3. The first-order valence-corrected chi connectivity index (χ1v) is 7.42. The molecule has 6 heteroatoms. The Bertz CT molecular complexity index is 418. The number of hydrogen-bond donors (Lipinski definition) is 2. The van der Waals surface area contributed by atoms with Gasteiger partial charge in [0.15, 0.2) is 0 Å². The molecule has 0 saturated carbocycles. The van der Waals surface area contributed by atoms with Crippen molar-refractivity contribution < 1.29 is 19.5 Å². The highest BCUT2D eigenvalue weighted by Crippen LogP contribution is 2.35. The summed E-state index contributed by atoms with van der Waals surface area (Å²) in [6.45, 7) is 8.08. The van der Waals surface area contributed by atoms with E-state index in [0.29, 0.717) is 32.4 Å². The summed E-state index contributed by atoms with van der Waals surface area (Å²) in [6.07, 6.45) is 1.51. The van der Waals surface area contributed by atoms with Crippen molar-refractivity contribution in [3.05, 3.63) is 0 Å². The highest BCUT2D eigenvalue weighted by Gasteiger charge is 2.40. The molecule has 6 nitrogen and oxygen atoms in total. The fourth-order valence-corrected chi connectivity index (χ4v) is 2.44. The third-order valence-electron chi connectivity index (χ3n) is 4.29. The van der Waals surface area contributed by atoms with Gasteiger partial charge in [-0.25, -0.2) is 0 Å². The minimum atomic E-state index is -0.780. The molecule has 0 aromatic carbocycles. The molecule has 2 amide bonds. The van der Waals surface area contributed by atoms with E-state index in [9.17, 15) is 19.5 Å². The van der Waals surface area contributed by atoms with E-state index >= 15 is 0 Å². The van der Waals surface area contributed by atoms with Gasteiger partial charge in [-0.3, -0.25) is 14.4 Å². The van der Waals surface area contributed by atoms with Crippen LogP contribution in [0.15, 0.2) is 0 Å². The van der Waals surface area contributed by atoms with Gasteiger partial charge in [-0.2, -0.15) is 0 Å². The summed E-state index contributed by atoms with van der Waals surface area (Å²) in [5, 5.41) is 11.9. The van der Waals surface area contributed by atoms with Gasteiger partial charge in [0.1, 0.15) is 0 Å². The minimum absolute atomic E-state index is 0.0255. The van der Waals surface area contributed by atoms with Crippen molar-refractivity contribution >= 4 is 17.8 Å². The van der Waals surface area contributed by atoms with Crippen LogP contribution < -0.4 is 5.32 Å². The average Bonchev–Trinajstić information content (AvgIpc) is 2.43. The Morgan fingerprint density at radius 3 is 2.10 bits per heavy atom. The second-order valence-corrected chi connectivity index (χ2v) is 6.75. The molecule has 0 bridgehead atoms. The predicted molar refractivity (Wildman–Crippen MR) is 78.6 cm³/mol. The van der Waals surface area contributed by atoms with Gasteiger partial charge in [0.2, 0.25) is 11.8 Å². The van der Waals surface area contributed by atoms with Crippen molar-refractivity contribution in [2.24, 2.45) is 10.8 Å². The van der Waals surface area contributed by atoms with Crippen LogP contribution in [-0.2, 0) is 14.4 Å². The molecule has 1 aliphatic heterocycles. The van der Waals surface area contributed by atoms with Crippen LogP contribution in [-0.4, -0.2) is 47.4 Å². The molecule has 0 aliphatic carbocycles. The van der Waals surface area contributed by atoms with E-state index in [1.54, 1.807) is 25.7 Å². The lowest BCUT2D eigenvalue weighted by atomic mass is 9.76. The van der Waals surface area contributed by atoms with Crippen LogP contribution in [0.4, 0.5) is 0 Å². The Morgan fingerprint density at radius 2 is 1.71 bits per heavy atom. The fourth-order valence-electron chi connectivity index (χ4n) is 2.44. The molecule has 0 aromatic heterocycles. The molecule has 2 N–H and O–H groups in total. The number of likely N-dealkylation sites (tertiary alicyclic amines) is 1. The number of hydrogen-bond acceptors (Lipinski definition) is 3. The summed E-state index contributed by atoms with van der Waals surface area (Å²) < 4.78 is 0. The predicted octanol–water partition coefficient (Wildman–Crippen LogP) is 1.25. The van der Waals surface area contributed by atoms with Crippen LogP contribution in [0, 0.1) is 10.8 Å². The Hall–Kier alpha value is -1.59. The number of piperidine rings is 1. The quantitative estimate of drug-likeness (QED) is 0.818. The second kappa shape index (κ2) is 6.45. The van der Waals surface area contributed by atoms with Crippen molar-refractivity contribution in [1.29, 1.82) is 0 Å². The largest absolute Gasteiger partial charge is 0.481 e. The van der Waals surface area contributed by atoms with Gasteiger partial charge in [-0.05, 0) is 19.3 Å². The highest BCUT2D eigenvalue weighted by atomic mass is 16.4. The average molecular weight is 298 g/mol. The third kappa shape index (κ3) is 4.19. The zero-order valence-electron chi connectivity index (χ0n) is 13.4. The Kier molecular flexibility index (Phi) is 5.36. The smallest absolute Gasteiger partial charge is 0.309 e. The maximum Gasteiger partial charge on any atom is 0.309 e. The summed E-state index contributed by atoms with van der Waals surface area (Å²) in [5.74, 6) is -1.10. The second-order valence-electron chi connectivity index (χ2n) is 6.75. The number of carboxylic acid groups (broad SMARTS) is 1. The number of amides is 2. The number of nitrogens with zero attached hydrogens (tertiary/aromatic N) is 1. The number of carbonyl (C=O) groups excluding carboxylic acids is 2. The van der Waals surface area contributed by atoms with Crippen molar-refractivity contribution in [1.82, 2.24) is 10.2 Å². The van der Waals surface area contributed by atoms with E-state index in [1.807, 2.05) is 6.92 Å².